The molecule has 0 aliphatic carbocycles. The van der Waals surface area contributed by atoms with Gasteiger partial charge in [-0.15, -0.1) is 0 Å². The molecule has 0 saturated heterocycles. The summed E-state index contributed by atoms with van der Waals surface area (Å²) in [6.45, 7) is -0.978. The summed E-state index contributed by atoms with van der Waals surface area (Å²) in [6.07, 6.45) is 0. The lowest BCUT2D eigenvalue weighted by atomic mass is 10.2. The van der Waals surface area contributed by atoms with Gasteiger partial charge in [0.1, 0.15) is 18.1 Å². The number of carbonyl (C=O) groups excluding carboxylic acids is 3. The van der Waals surface area contributed by atoms with Gasteiger partial charge in [0.2, 0.25) is 0 Å². The standard InChI is InChI=1S/C18H16ClFN2O5/c1-26-13-4-2-3-11(7-13)18(25)21-9-17(24)27-10-16(23)22-12-5-6-15(20)14(19)8-12/h2-8H,9-10H2,1H3,(H,21,25)(H,22,23). The highest BCUT2D eigenvalue weighted by Gasteiger charge is 2.12. The monoisotopic (exact) mass is 394 g/mol. The van der Waals surface area contributed by atoms with Gasteiger partial charge >= 0.3 is 5.97 Å². The van der Waals surface area contributed by atoms with Crippen molar-refractivity contribution in [3.63, 3.8) is 0 Å². The quantitative estimate of drug-likeness (QED) is 0.703. The molecular formula is C18H16ClFN2O5. The van der Waals surface area contributed by atoms with Crippen LogP contribution in [0.4, 0.5) is 10.1 Å². The molecule has 0 unspecified atom stereocenters. The summed E-state index contributed by atoms with van der Waals surface area (Å²) >= 11 is 5.61. The van der Waals surface area contributed by atoms with E-state index in [9.17, 15) is 18.8 Å². The van der Waals surface area contributed by atoms with Crippen molar-refractivity contribution >= 4 is 35.1 Å². The molecule has 7 nitrogen and oxygen atoms in total. The van der Waals surface area contributed by atoms with Gasteiger partial charge in [0, 0.05) is 11.3 Å². The molecular weight excluding hydrogens is 379 g/mol. The molecule has 0 aliphatic heterocycles. The molecule has 0 spiro atoms. The van der Waals surface area contributed by atoms with Gasteiger partial charge in [-0.2, -0.15) is 0 Å². The molecule has 27 heavy (non-hydrogen) atoms. The van der Waals surface area contributed by atoms with Crippen molar-refractivity contribution in [2.24, 2.45) is 0 Å². The van der Waals surface area contributed by atoms with E-state index in [1.807, 2.05) is 0 Å². The summed E-state index contributed by atoms with van der Waals surface area (Å²) < 4.78 is 22.8. The summed E-state index contributed by atoms with van der Waals surface area (Å²) in [5.74, 6) is -2.03. The summed E-state index contributed by atoms with van der Waals surface area (Å²) in [7, 11) is 1.47. The van der Waals surface area contributed by atoms with Crippen molar-refractivity contribution in [3.8, 4) is 5.75 Å². The van der Waals surface area contributed by atoms with E-state index in [-0.39, 0.29) is 10.7 Å². The van der Waals surface area contributed by atoms with E-state index in [1.165, 1.54) is 25.3 Å². The molecule has 9 heteroatoms. The van der Waals surface area contributed by atoms with E-state index in [0.717, 1.165) is 6.07 Å². The van der Waals surface area contributed by atoms with Crippen molar-refractivity contribution in [3.05, 3.63) is 58.9 Å². The molecule has 2 rings (SSSR count). The second-order valence-corrected chi connectivity index (χ2v) is 5.66. The lowest BCUT2D eigenvalue weighted by molar-refractivity contribution is -0.146. The van der Waals surface area contributed by atoms with E-state index in [0.29, 0.717) is 11.3 Å². The molecule has 0 fully saturated rings. The van der Waals surface area contributed by atoms with Crippen molar-refractivity contribution in [1.82, 2.24) is 5.32 Å². The number of anilines is 1. The first-order valence-electron chi connectivity index (χ1n) is 7.72. The lowest BCUT2D eigenvalue weighted by Crippen LogP contribution is -2.32. The number of ether oxygens (including phenoxy) is 2. The highest BCUT2D eigenvalue weighted by atomic mass is 35.5. The zero-order chi connectivity index (χ0) is 19.8. The Morgan fingerprint density at radius 1 is 1.15 bits per heavy atom. The van der Waals surface area contributed by atoms with Gasteiger partial charge in [0.05, 0.1) is 12.1 Å². The normalized spacial score (nSPS) is 10.0. The van der Waals surface area contributed by atoms with Gasteiger partial charge in [-0.1, -0.05) is 17.7 Å². The third kappa shape index (κ3) is 6.27. The Balaban J connectivity index is 1.75. The van der Waals surface area contributed by atoms with Crippen LogP contribution in [0.3, 0.4) is 0 Å². The second kappa shape index (κ2) is 9.54. The third-order valence-electron chi connectivity index (χ3n) is 3.29. The van der Waals surface area contributed by atoms with E-state index < -0.39 is 36.8 Å². The van der Waals surface area contributed by atoms with E-state index in [2.05, 4.69) is 10.6 Å². The van der Waals surface area contributed by atoms with Gasteiger partial charge in [-0.3, -0.25) is 14.4 Å². The number of rotatable bonds is 7. The molecule has 0 bridgehead atoms. The number of hydrogen-bond donors (Lipinski definition) is 2. The maximum atomic E-state index is 13.0. The maximum absolute atomic E-state index is 13.0. The highest BCUT2D eigenvalue weighted by molar-refractivity contribution is 6.31. The van der Waals surface area contributed by atoms with Gasteiger partial charge in [0.25, 0.3) is 11.8 Å². The van der Waals surface area contributed by atoms with Crippen LogP contribution in [0.25, 0.3) is 0 Å². The van der Waals surface area contributed by atoms with E-state index in [1.54, 1.807) is 18.2 Å². The Bertz CT molecular complexity index is 859. The molecule has 0 atom stereocenters. The smallest absolute Gasteiger partial charge is 0.325 e. The molecule has 2 N–H and O–H groups in total. The second-order valence-electron chi connectivity index (χ2n) is 5.25. The van der Waals surface area contributed by atoms with Crippen LogP contribution in [-0.4, -0.2) is 38.0 Å². The molecule has 0 heterocycles. The SMILES string of the molecule is COc1cccc(C(=O)NCC(=O)OCC(=O)Nc2ccc(F)c(Cl)c2)c1. The van der Waals surface area contributed by atoms with E-state index >= 15 is 0 Å². The lowest BCUT2D eigenvalue weighted by Gasteiger charge is -2.08. The van der Waals surface area contributed by atoms with Crippen LogP contribution < -0.4 is 15.4 Å². The van der Waals surface area contributed by atoms with Crippen LogP contribution in [0, 0.1) is 5.82 Å². The first kappa shape index (κ1) is 20.2. The number of carbonyl (C=O) groups is 3. The number of esters is 1. The fourth-order valence-electron chi connectivity index (χ4n) is 1.99. The van der Waals surface area contributed by atoms with Crippen molar-refractivity contribution < 1.29 is 28.2 Å². The minimum absolute atomic E-state index is 0.148. The number of methoxy groups -OCH3 is 1. The number of amides is 2. The van der Waals surface area contributed by atoms with E-state index in [4.69, 9.17) is 21.1 Å². The Morgan fingerprint density at radius 3 is 2.63 bits per heavy atom. The van der Waals surface area contributed by atoms with Crippen molar-refractivity contribution in [1.29, 1.82) is 0 Å². The van der Waals surface area contributed by atoms with Crippen LogP contribution >= 0.6 is 11.6 Å². The maximum Gasteiger partial charge on any atom is 0.325 e. The zero-order valence-corrected chi connectivity index (χ0v) is 15.0. The highest BCUT2D eigenvalue weighted by Crippen LogP contribution is 2.19. The number of hydrogen-bond acceptors (Lipinski definition) is 5. The van der Waals surface area contributed by atoms with Crippen LogP contribution in [0.2, 0.25) is 5.02 Å². The average molecular weight is 395 g/mol. The van der Waals surface area contributed by atoms with Crippen LogP contribution in [0.5, 0.6) is 5.75 Å². The molecule has 0 saturated carbocycles. The number of benzene rings is 2. The minimum Gasteiger partial charge on any atom is -0.497 e. The minimum atomic E-state index is -0.793. The van der Waals surface area contributed by atoms with Crippen molar-refractivity contribution in [2.45, 2.75) is 0 Å². The molecule has 2 aromatic carbocycles. The fourth-order valence-corrected chi connectivity index (χ4v) is 2.17. The first-order valence-corrected chi connectivity index (χ1v) is 8.09. The van der Waals surface area contributed by atoms with Gasteiger partial charge in [-0.25, -0.2) is 4.39 Å². The molecule has 2 aromatic rings. The topological polar surface area (TPSA) is 93.7 Å². The molecule has 2 amide bonds. The Kier molecular flexibility index (Phi) is 7.13. The predicted molar refractivity (Wildman–Crippen MR) is 96.3 cm³/mol. The Labute approximate surface area is 159 Å². The van der Waals surface area contributed by atoms with Crippen LogP contribution in [0.15, 0.2) is 42.5 Å². The fraction of sp³-hybridized carbons (Fsp3) is 0.167. The molecule has 142 valence electrons. The Hall–Kier alpha value is -3.13. The summed E-state index contributed by atoms with van der Waals surface area (Å²) in [5, 5.41) is 4.63. The summed E-state index contributed by atoms with van der Waals surface area (Å²) in [5.41, 5.74) is 0.571. The molecule has 0 aliphatic rings. The number of halogens is 2. The third-order valence-corrected chi connectivity index (χ3v) is 3.58. The largest absolute Gasteiger partial charge is 0.497 e. The summed E-state index contributed by atoms with van der Waals surface area (Å²) in [6, 6.07) is 10.0. The predicted octanol–water partition coefficient (Wildman–Crippen LogP) is 2.40. The zero-order valence-electron chi connectivity index (χ0n) is 14.3. The van der Waals surface area contributed by atoms with Gasteiger partial charge < -0.3 is 20.1 Å². The van der Waals surface area contributed by atoms with Gasteiger partial charge in [0.15, 0.2) is 6.61 Å². The number of nitrogens with one attached hydrogen (secondary N) is 2. The molecule has 0 radical (unpaired) electrons. The van der Waals surface area contributed by atoms with Crippen LogP contribution in [0.1, 0.15) is 10.4 Å². The summed E-state index contributed by atoms with van der Waals surface area (Å²) in [4.78, 5) is 35.3. The van der Waals surface area contributed by atoms with Crippen LogP contribution in [-0.2, 0) is 14.3 Å². The molecule has 0 aromatic heterocycles. The Morgan fingerprint density at radius 2 is 1.93 bits per heavy atom. The van der Waals surface area contributed by atoms with Gasteiger partial charge in [-0.05, 0) is 36.4 Å². The average Bonchev–Trinajstić information content (AvgIpc) is 2.67. The first-order chi connectivity index (χ1) is 12.9. The van der Waals surface area contributed by atoms with Crippen molar-refractivity contribution in [2.75, 3.05) is 25.6 Å².